The number of aryl methyl sites for hydroxylation is 1. The third kappa shape index (κ3) is 4.13. The van der Waals surface area contributed by atoms with Crippen LogP contribution < -0.4 is 10.3 Å². The van der Waals surface area contributed by atoms with E-state index in [0.717, 1.165) is 15.7 Å². The minimum Gasteiger partial charge on any atom is -0.619 e. The summed E-state index contributed by atoms with van der Waals surface area (Å²) in [5.41, 5.74) is 2.15. The molecule has 1 aromatic carbocycles. The molecule has 1 atom stereocenters. The number of pyridine rings is 3. The van der Waals surface area contributed by atoms with Gasteiger partial charge in [0.15, 0.2) is 12.4 Å². The normalized spacial score (nSPS) is 12.0. The van der Waals surface area contributed by atoms with Gasteiger partial charge in [0, 0.05) is 41.4 Å². The highest BCUT2D eigenvalue weighted by Crippen LogP contribution is 2.23. The Morgan fingerprint density at radius 2 is 1.90 bits per heavy atom. The maximum Gasteiger partial charge on any atom is 0.271 e. The summed E-state index contributed by atoms with van der Waals surface area (Å²) in [6, 6.07) is 15.0. The smallest absolute Gasteiger partial charge is 0.271 e. The number of nitro groups is 1. The number of fused-ring (bicyclic) bond motifs is 1. The van der Waals surface area contributed by atoms with Crippen LogP contribution in [-0.4, -0.2) is 14.5 Å². The second kappa shape index (κ2) is 8.35. The quantitative estimate of drug-likeness (QED) is 0.206. The second-order valence-corrected chi connectivity index (χ2v) is 7.43. The van der Waals surface area contributed by atoms with Crippen molar-refractivity contribution in [3.8, 4) is 5.69 Å². The van der Waals surface area contributed by atoms with Crippen LogP contribution in [-0.2, 0) is 6.42 Å². The maximum absolute atomic E-state index is 13.4. The Kier molecular flexibility index (Phi) is 5.44. The minimum absolute atomic E-state index is 0.0906. The molecule has 0 N–H and O–H groups in total. The van der Waals surface area contributed by atoms with Crippen LogP contribution in [0.25, 0.3) is 16.7 Å². The highest BCUT2D eigenvalue weighted by Gasteiger charge is 2.16. The molecule has 0 radical (unpaired) electrons. The maximum atomic E-state index is 13.4. The van der Waals surface area contributed by atoms with Gasteiger partial charge in [-0.25, -0.2) is 4.98 Å². The van der Waals surface area contributed by atoms with E-state index in [-0.39, 0.29) is 17.2 Å². The lowest BCUT2D eigenvalue weighted by atomic mass is 9.95. The number of benzene rings is 1. The number of aromatic nitrogens is 3. The molecule has 0 aliphatic heterocycles. The molecule has 0 aliphatic rings. The molecule has 3 aromatic heterocycles. The first kappa shape index (κ1) is 20.2. The fraction of sp³-hybridized carbons (Fsp3) is 0.174. The summed E-state index contributed by atoms with van der Waals surface area (Å²) < 4.78 is 2.18. The summed E-state index contributed by atoms with van der Waals surface area (Å²) in [5.74, 6) is 0.149. The van der Waals surface area contributed by atoms with Crippen molar-refractivity contribution in [1.29, 1.82) is 0 Å². The number of nitrogens with zero attached hydrogens (tertiary/aromatic N) is 4. The number of hydrogen-bond acceptors (Lipinski definition) is 5. The lowest BCUT2D eigenvalue weighted by Crippen LogP contribution is -2.24. The Hall–Kier alpha value is -4.07. The highest BCUT2D eigenvalue weighted by molar-refractivity contribution is 5.77. The first-order valence-corrected chi connectivity index (χ1v) is 9.87. The lowest BCUT2D eigenvalue weighted by molar-refractivity contribution is -0.605. The summed E-state index contributed by atoms with van der Waals surface area (Å²) in [5, 5.41) is 23.3. The predicted molar refractivity (Wildman–Crippen MR) is 116 cm³/mol. The molecule has 0 bridgehead atoms. The monoisotopic (exact) mass is 416 g/mol. The van der Waals surface area contributed by atoms with E-state index in [1.807, 2.05) is 19.1 Å². The number of hydrogen-bond donors (Lipinski definition) is 0. The van der Waals surface area contributed by atoms with E-state index >= 15 is 0 Å². The molecular weight excluding hydrogens is 396 g/mol. The van der Waals surface area contributed by atoms with Crippen molar-refractivity contribution in [1.82, 2.24) is 9.55 Å². The fourth-order valence-corrected chi connectivity index (χ4v) is 3.65. The van der Waals surface area contributed by atoms with Gasteiger partial charge in [0.2, 0.25) is 0 Å². The molecule has 0 spiro atoms. The first-order chi connectivity index (χ1) is 14.9. The van der Waals surface area contributed by atoms with Crippen molar-refractivity contribution in [3.05, 3.63) is 110 Å². The fourth-order valence-electron chi connectivity index (χ4n) is 3.65. The standard InChI is InChI=1S/C23H20N4O4/c1-16(17-9-12-25(29)13-10-17)7-8-19-14-18-4-3-11-24-22(18)26(23(19)28)20-5-2-6-21(15-20)27(30)31/h2-6,9-16H,7-8H2,1H3. The van der Waals surface area contributed by atoms with Crippen molar-refractivity contribution in [2.45, 2.75) is 25.7 Å². The summed E-state index contributed by atoms with van der Waals surface area (Å²) in [6.45, 7) is 2.05. The average Bonchev–Trinajstić information content (AvgIpc) is 2.78. The van der Waals surface area contributed by atoms with E-state index in [4.69, 9.17) is 0 Å². The Morgan fingerprint density at radius 1 is 1.13 bits per heavy atom. The molecule has 3 heterocycles. The lowest BCUT2D eigenvalue weighted by Gasteiger charge is -2.14. The summed E-state index contributed by atoms with van der Waals surface area (Å²) in [7, 11) is 0. The molecule has 4 rings (SSSR count). The van der Waals surface area contributed by atoms with Gasteiger partial charge in [-0.05, 0) is 48.6 Å². The van der Waals surface area contributed by atoms with Gasteiger partial charge >= 0.3 is 0 Å². The molecular formula is C23H20N4O4. The van der Waals surface area contributed by atoms with Gasteiger partial charge in [0.05, 0.1) is 10.6 Å². The molecule has 4 aromatic rings. The zero-order valence-corrected chi connectivity index (χ0v) is 16.8. The SMILES string of the molecule is CC(CCc1cc2cccnc2n(-c2cccc([N+](=O)[O-])c2)c1=O)c1cc[n+]([O-])cc1. The zero-order valence-electron chi connectivity index (χ0n) is 16.8. The third-order valence-electron chi connectivity index (χ3n) is 5.38. The topological polar surface area (TPSA) is 105 Å². The van der Waals surface area contributed by atoms with Crippen molar-refractivity contribution in [2.24, 2.45) is 0 Å². The molecule has 31 heavy (non-hydrogen) atoms. The van der Waals surface area contributed by atoms with Crippen LogP contribution in [0.5, 0.6) is 0 Å². The van der Waals surface area contributed by atoms with Crippen LogP contribution in [0.15, 0.2) is 78.0 Å². The largest absolute Gasteiger partial charge is 0.619 e. The van der Waals surface area contributed by atoms with Gasteiger partial charge in [-0.15, -0.1) is 0 Å². The summed E-state index contributed by atoms with van der Waals surface area (Å²) in [4.78, 5) is 28.4. The van der Waals surface area contributed by atoms with Gasteiger partial charge in [0.1, 0.15) is 5.65 Å². The van der Waals surface area contributed by atoms with E-state index in [2.05, 4.69) is 4.98 Å². The van der Waals surface area contributed by atoms with Crippen molar-refractivity contribution >= 4 is 16.7 Å². The minimum atomic E-state index is -0.485. The van der Waals surface area contributed by atoms with Crippen LogP contribution in [0.3, 0.4) is 0 Å². The van der Waals surface area contributed by atoms with Gasteiger partial charge in [-0.3, -0.25) is 19.5 Å². The zero-order chi connectivity index (χ0) is 22.0. The van der Waals surface area contributed by atoms with E-state index in [1.54, 1.807) is 36.5 Å². The average molecular weight is 416 g/mol. The van der Waals surface area contributed by atoms with Crippen LogP contribution in [0, 0.1) is 15.3 Å². The Bertz CT molecular complexity index is 1320. The number of rotatable bonds is 6. The van der Waals surface area contributed by atoms with Crippen molar-refractivity contribution in [2.75, 3.05) is 0 Å². The van der Waals surface area contributed by atoms with E-state index in [1.165, 1.54) is 29.1 Å². The van der Waals surface area contributed by atoms with Gasteiger partial charge < -0.3 is 5.21 Å². The van der Waals surface area contributed by atoms with Crippen molar-refractivity contribution in [3.63, 3.8) is 0 Å². The molecule has 156 valence electrons. The third-order valence-corrected chi connectivity index (χ3v) is 5.38. The van der Waals surface area contributed by atoms with Gasteiger partial charge in [0.25, 0.3) is 11.2 Å². The molecule has 0 aliphatic carbocycles. The molecule has 8 nitrogen and oxygen atoms in total. The molecule has 0 amide bonds. The highest BCUT2D eigenvalue weighted by atomic mass is 16.6. The second-order valence-electron chi connectivity index (χ2n) is 7.43. The molecule has 1 unspecified atom stereocenters. The van der Waals surface area contributed by atoms with E-state index in [9.17, 15) is 20.1 Å². The molecule has 0 saturated carbocycles. The first-order valence-electron chi connectivity index (χ1n) is 9.87. The van der Waals surface area contributed by atoms with Crippen LogP contribution in [0.1, 0.15) is 30.4 Å². The summed E-state index contributed by atoms with van der Waals surface area (Å²) >= 11 is 0. The predicted octanol–water partition coefficient (Wildman–Crippen LogP) is 3.66. The van der Waals surface area contributed by atoms with Crippen LogP contribution in [0.2, 0.25) is 0 Å². The molecule has 0 saturated heterocycles. The van der Waals surface area contributed by atoms with Gasteiger partial charge in [-0.1, -0.05) is 13.0 Å². The number of non-ortho nitro benzene ring substituents is 1. The van der Waals surface area contributed by atoms with Crippen molar-refractivity contribution < 1.29 is 9.65 Å². The Morgan fingerprint density at radius 3 is 2.65 bits per heavy atom. The van der Waals surface area contributed by atoms with E-state index in [0.29, 0.717) is 29.7 Å². The van der Waals surface area contributed by atoms with Gasteiger partial charge in [-0.2, -0.15) is 4.73 Å². The molecule has 0 fully saturated rings. The Labute approximate surface area is 177 Å². The molecule has 8 heteroatoms. The van der Waals surface area contributed by atoms with E-state index < -0.39 is 4.92 Å². The Balaban J connectivity index is 1.74. The van der Waals surface area contributed by atoms with Crippen LogP contribution >= 0.6 is 0 Å². The summed E-state index contributed by atoms with van der Waals surface area (Å²) in [6.07, 6.45) is 5.74. The van der Waals surface area contributed by atoms with Crippen LogP contribution in [0.4, 0.5) is 5.69 Å². The number of nitro benzene ring substituents is 1.